The van der Waals surface area contributed by atoms with Gasteiger partial charge in [0.25, 0.3) is 0 Å². The maximum Gasteiger partial charge on any atom is 0.408 e. The van der Waals surface area contributed by atoms with E-state index in [0.717, 1.165) is 36.8 Å². The maximum atomic E-state index is 14.1. The SMILES string of the molecule is CCCCCCCN(C(=O)C(CC(N)=O)NC(=O)OC(C)(C)C)C(C(=O)NC(C)(C)C)c1ccc(C)cc1C. The fourth-order valence-corrected chi connectivity index (χ4v) is 4.32. The molecule has 1 rings (SSSR count). The van der Waals surface area contributed by atoms with E-state index in [2.05, 4.69) is 17.6 Å². The van der Waals surface area contributed by atoms with Crippen molar-refractivity contribution < 1.29 is 23.9 Å². The molecular weight excluding hydrogens is 496 g/mol. The highest BCUT2D eigenvalue weighted by atomic mass is 16.6. The van der Waals surface area contributed by atoms with Gasteiger partial charge in [0.15, 0.2) is 0 Å². The second-order valence-corrected chi connectivity index (χ2v) is 12.3. The summed E-state index contributed by atoms with van der Waals surface area (Å²) in [4.78, 5) is 54.0. The van der Waals surface area contributed by atoms with Gasteiger partial charge in [-0.3, -0.25) is 14.4 Å². The number of aryl methyl sites for hydroxylation is 2. The molecule has 9 nitrogen and oxygen atoms in total. The molecule has 4 N–H and O–H groups in total. The average Bonchev–Trinajstić information content (AvgIpc) is 2.75. The molecule has 0 aliphatic rings. The first kappa shape index (κ1) is 33.9. The molecular formula is C30H50N4O5. The number of nitrogens with one attached hydrogen (secondary N) is 2. The zero-order chi connectivity index (χ0) is 30.0. The van der Waals surface area contributed by atoms with E-state index in [0.29, 0.717) is 12.0 Å². The second kappa shape index (κ2) is 14.9. The van der Waals surface area contributed by atoms with Crippen molar-refractivity contribution >= 4 is 23.8 Å². The highest BCUT2D eigenvalue weighted by Gasteiger charge is 2.38. The van der Waals surface area contributed by atoms with Gasteiger partial charge in [-0.15, -0.1) is 0 Å². The number of primary amides is 1. The third-order valence-corrected chi connectivity index (χ3v) is 5.96. The summed E-state index contributed by atoms with van der Waals surface area (Å²) in [5.41, 5.74) is 6.69. The highest BCUT2D eigenvalue weighted by molar-refractivity contribution is 5.94. The van der Waals surface area contributed by atoms with E-state index in [1.165, 1.54) is 4.90 Å². The lowest BCUT2D eigenvalue weighted by Gasteiger charge is -2.36. The largest absolute Gasteiger partial charge is 0.444 e. The Morgan fingerprint density at radius 1 is 0.974 bits per heavy atom. The summed E-state index contributed by atoms with van der Waals surface area (Å²) in [7, 11) is 0. The Balaban J connectivity index is 3.59. The Hall–Kier alpha value is -3.10. The van der Waals surface area contributed by atoms with Gasteiger partial charge in [0.05, 0.1) is 6.42 Å². The Labute approximate surface area is 234 Å². The van der Waals surface area contributed by atoms with Crippen LogP contribution < -0.4 is 16.4 Å². The first-order valence-electron chi connectivity index (χ1n) is 13.9. The smallest absolute Gasteiger partial charge is 0.408 e. The molecule has 0 aromatic heterocycles. The predicted octanol–water partition coefficient (Wildman–Crippen LogP) is 4.83. The number of rotatable bonds is 13. The van der Waals surface area contributed by atoms with E-state index in [4.69, 9.17) is 10.5 Å². The number of nitrogens with zero attached hydrogens (tertiary/aromatic N) is 1. The van der Waals surface area contributed by atoms with Gasteiger partial charge in [0, 0.05) is 12.1 Å². The second-order valence-electron chi connectivity index (χ2n) is 12.3. The van der Waals surface area contributed by atoms with Crippen molar-refractivity contribution in [2.45, 2.75) is 124 Å². The van der Waals surface area contributed by atoms with Gasteiger partial charge in [0.2, 0.25) is 17.7 Å². The number of unbranched alkanes of at least 4 members (excludes halogenated alkanes) is 4. The minimum atomic E-state index is -1.29. The number of amides is 4. The zero-order valence-corrected chi connectivity index (χ0v) is 25.4. The predicted molar refractivity (Wildman–Crippen MR) is 154 cm³/mol. The van der Waals surface area contributed by atoms with Crippen molar-refractivity contribution in [3.05, 3.63) is 34.9 Å². The number of alkyl carbamates (subject to hydrolysis) is 1. The fraction of sp³-hybridized carbons (Fsp3) is 0.667. The molecule has 220 valence electrons. The molecule has 0 fully saturated rings. The molecule has 9 heteroatoms. The van der Waals surface area contributed by atoms with Gasteiger partial charge in [-0.1, -0.05) is 56.4 Å². The van der Waals surface area contributed by atoms with Crippen molar-refractivity contribution in [1.29, 1.82) is 0 Å². The fourth-order valence-electron chi connectivity index (χ4n) is 4.32. The van der Waals surface area contributed by atoms with E-state index in [1.54, 1.807) is 20.8 Å². The van der Waals surface area contributed by atoms with Crippen molar-refractivity contribution in [1.82, 2.24) is 15.5 Å². The average molecular weight is 547 g/mol. The van der Waals surface area contributed by atoms with Crippen molar-refractivity contribution in [2.75, 3.05) is 6.54 Å². The van der Waals surface area contributed by atoms with Crippen molar-refractivity contribution in [3.63, 3.8) is 0 Å². The number of hydrogen-bond donors (Lipinski definition) is 3. The summed E-state index contributed by atoms with van der Waals surface area (Å²) < 4.78 is 5.34. The molecule has 2 atom stereocenters. The number of carbonyl (C=O) groups excluding carboxylic acids is 4. The van der Waals surface area contributed by atoms with Crippen LogP contribution in [0.2, 0.25) is 0 Å². The number of hydrogen-bond acceptors (Lipinski definition) is 5. The van der Waals surface area contributed by atoms with Gasteiger partial charge in [-0.2, -0.15) is 0 Å². The molecule has 0 spiro atoms. The summed E-state index contributed by atoms with van der Waals surface area (Å²) >= 11 is 0. The zero-order valence-electron chi connectivity index (χ0n) is 25.4. The summed E-state index contributed by atoms with van der Waals surface area (Å²) in [5, 5.41) is 5.55. The van der Waals surface area contributed by atoms with Crippen LogP contribution in [-0.2, 0) is 19.1 Å². The molecule has 4 amide bonds. The van der Waals surface area contributed by atoms with Crippen LogP contribution in [-0.4, -0.2) is 52.4 Å². The van der Waals surface area contributed by atoms with Gasteiger partial charge in [-0.05, 0) is 72.9 Å². The Morgan fingerprint density at radius 2 is 1.59 bits per heavy atom. The van der Waals surface area contributed by atoms with Gasteiger partial charge in [0.1, 0.15) is 17.7 Å². The van der Waals surface area contributed by atoms with Crippen molar-refractivity contribution in [3.8, 4) is 0 Å². The Morgan fingerprint density at radius 3 is 2.10 bits per heavy atom. The molecule has 0 saturated carbocycles. The van der Waals surface area contributed by atoms with Crippen LogP contribution in [0.1, 0.15) is 110 Å². The molecule has 0 aliphatic carbocycles. The maximum absolute atomic E-state index is 14.1. The van der Waals surface area contributed by atoms with Crippen LogP contribution in [0.5, 0.6) is 0 Å². The number of ether oxygens (including phenoxy) is 1. The number of benzene rings is 1. The minimum absolute atomic E-state index is 0.267. The molecule has 2 unspecified atom stereocenters. The van der Waals surface area contributed by atoms with Gasteiger partial charge < -0.3 is 26.0 Å². The topological polar surface area (TPSA) is 131 Å². The number of carbonyl (C=O) groups is 4. The van der Waals surface area contributed by atoms with Crippen LogP contribution in [0.3, 0.4) is 0 Å². The molecule has 0 radical (unpaired) electrons. The van der Waals surface area contributed by atoms with E-state index in [1.807, 2.05) is 52.8 Å². The molecule has 1 aromatic carbocycles. The molecule has 0 saturated heterocycles. The van der Waals surface area contributed by atoms with Crippen LogP contribution in [0, 0.1) is 13.8 Å². The quantitative estimate of drug-likeness (QED) is 0.305. The first-order valence-corrected chi connectivity index (χ1v) is 13.9. The van der Waals surface area contributed by atoms with E-state index >= 15 is 0 Å². The third kappa shape index (κ3) is 12.5. The van der Waals surface area contributed by atoms with E-state index < -0.39 is 47.6 Å². The summed E-state index contributed by atoms with van der Waals surface area (Å²) in [5.74, 6) is -1.66. The lowest BCUT2D eigenvalue weighted by atomic mass is 9.95. The monoisotopic (exact) mass is 546 g/mol. The van der Waals surface area contributed by atoms with Crippen LogP contribution in [0.4, 0.5) is 4.79 Å². The van der Waals surface area contributed by atoms with E-state index in [9.17, 15) is 19.2 Å². The summed E-state index contributed by atoms with van der Waals surface area (Å²) in [6, 6.07) is 3.47. The normalized spacial score (nSPS) is 13.3. The van der Waals surface area contributed by atoms with Crippen LogP contribution >= 0.6 is 0 Å². The highest BCUT2D eigenvalue weighted by Crippen LogP contribution is 2.28. The molecule has 0 bridgehead atoms. The van der Waals surface area contributed by atoms with Crippen LogP contribution in [0.15, 0.2) is 18.2 Å². The minimum Gasteiger partial charge on any atom is -0.444 e. The Kier molecular flexibility index (Phi) is 13.0. The van der Waals surface area contributed by atoms with Gasteiger partial charge in [-0.25, -0.2) is 4.79 Å². The number of nitrogens with two attached hydrogens (primary N) is 1. The third-order valence-electron chi connectivity index (χ3n) is 5.96. The Bertz CT molecular complexity index is 994. The molecule has 1 aromatic rings. The van der Waals surface area contributed by atoms with Gasteiger partial charge >= 0.3 is 6.09 Å². The summed E-state index contributed by atoms with van der Waals surface area (Å²) in [6.07, 6.45) is 3.41. The van der Waals surface area contributed by atoms with Crippen LogP contribution in [0.25, 0.3) is 0 Å². The standard InChI is InChI=1S/C30H50N4O5/c1-10-11-12-13-14-17-34(27(37)23(19-24(31)35)32-28(38)39-30(7,8)9)25(26(36)33-29(4,5)6)22-16-15-20(2)18-21(22)3/h15-16,18,23,25H,10-14,17,19H2,1-9H3,(H2,31,35)(H,32,38)(H,33,36). The molecule has 0 heterocycles. The lowest BCUT2D eigenvalue weighted by Crippen LogP contribution is -2.55. The first-order chi connectivity index (χ1) is 17.9. The van der Waals surface area contributed by atoms with Crippen molar-refractivity contribution in [2.24, 2.45) is 5.73 Å². The molecule has 39 heavy (non-hydrogen) atoms. The lowest BCUT2D eigenvalue weighted by molar-refractivity contribution is -0.144. The summed E-state index contributed by atoms with van der Waals surface area (Å²) in [6.45, 7) is 17.0. The van der Waals surface area contributed by atoms with E-state index in [-0.39, 0.29) is 12.5 Å². The molecule has 0 aliphatic heterocycles.